The summed E-state index contributed by atoms with van der Waals surface area (Å²) in [5.41, 5.74) is 1.20. The van der Waals surface area contributed by atoms with Gasteiger partial charge in [0.15, 0.2) is 0 Å². The molecular formula is C23H21NaO3. The Labute approximate surface area is 184 Å². The number of unbranched alkanes of at least 4 members (excludes halogenated alkanes) is 1. The van der Waals surface area contributed by atoms with E-state index in [1.807, 2.05) is 31.2 Å². The Morgan fingerprint density at radius 2 is 1.41 bits per heavy atom. The minimum absolute atomic E-state index is 0. The predicted octanol–water partition coefficient (Wildman–Crippen LogP) is -0.518. The van der Waals surface area contributed by atoms with E-state index in [9.17, 15) is 9.90 Å². The normalized spacial score (nSPS) is 8.04. The van der Waals surface area contributed by atoms with E-state index in [1.165, 1.54) is 5.56 Å². The zero-order valence-corrected chi connectivity index (χ0v) is 18.0. The van der Waals surface area contributed by atoms with Crippen LogP contribution in [-0.2, 0) is 4.79 Å². The van der Waals surface area contributed by atoms with Gasteiger partial charge in [0.1, 0.15) is 12.4 Å². The van der Waals surface area contributed by atoms with Gasteiger partial charge in [-0.3, -0.25) is 0 Å². The molecule has 0 radical (unpaired) electrons. The molecule has 0 N–H and O–H groups in total. The summed E-state index contributed by atoms with van der Waals surface area (Å²) in [7, 11) is 0. The van der Waals surface area contributed by atoms with Crippen LogP contribution in [0.2, 0.25) is 0 Å². The number of rotatable bonds is 5. The maximum atomic E-state index is 10.2. The van der Waals surface area contributed by atoms with Crippen LogP contribution in [0.1, 0.15) is 44.1 Å². The first-order valence-electron chi connectivity index (χ1n) is 8.40. The van der Waals surface area contributed by atoms with Crippen LogP contribution in [0.15, 0.2) is 24.3 Å². The second-order valence-electron chi connectivity index (χ2n) is 5.27. The number of hydrogen-bond acceptors (Lipinski definition) is 3. The topological polar surface area (TPSA) is 49.4 Å². The summed E-state index contributed by atoms with van der Waals surface area (Å²) in [4.78, 5) is 10.2. The Balaban J connectivity index is 0.00000676. The molecular weight excluding hydrogens is 347 g/mol. The first-order valence-corrected chi connectivity index (χ1v) is 8.40. The number of benzene rings is 1. The van der Waals surface area contributed by atoms with E-state index in [-0.39, 0.29) is 36.0 Å². The molecule has 0 atom stereocenters. The molecule has 1 aromatic rings. The molecule has 0 saturated carbocycles. The Kier molecular flexibility index (Phi) is 15.7. The van der Waals surface area contributed by atoms with Crippen molar-refractivity contribution in [2.45, 2.75) is 45.4 Å². The van der Waals surface area contributed by atoms with Gasteiger partial charge in [0.05, 0.1) is 19.3 Å². The van der Waals surface area contributed by atoms with E-state index in [0.29, 0.717) is 38.7 Å². The van der Waals surface area contributed by atoms with Gasteiger partial charge in [0.25, 0.3) is 0 Å². The summed E-state index contributed by atoms with van der Waals surface area (Å²) < 4.78 is 5.49. The molecule has 3 nitrogen and oxygen atoms in total. The van der Waals surface area contributed by atoms with Gasteiger partial charge in [0.2, 0.25) is 0 Å². The minimum atomic E-state index is -1.03. The summed E-state index contributed by atoms with van der Waals surface area (Å²) in [6.45, 7) is 2.38. The van der Waals surface area contributed by atoms with Gasteiger partial charge in [0, 0.05) is 12.4 Å². The van der Waals surface area contributed by atoms with Gasteiger partial charge in [-0.1, -0.05) is 59.1 Å². The number of carboxylic acid groups (broad SMARTS) is 1. The van der Waals surface area contributed by atoms with Crippen LogP contribution >= 0.6 is 0 Å². The maximum Gasteiger partial charge on any atom is 1.00 e. The molecule has 1 rings (SSSR count). The molecule has 0 bridgehead atoms. The van der Waals surface area contributed by atoms with E-state index in [4.69, 9.17) is 4.74 Å². The molecule has 0 saturated heterocycles. The zero-order chi connectivity index (χ0) is 18.9. The average molecular weight is 368 g/mol. The number of aliphatic carboxylic acids is 1. The van der Waals surface area contributed by atoms with Crippen LogP contribution in [0, 0.1) is 54.3 Å². The summed E-state index contributed by atoms with van der Waals surface area (Å²) in [6.07, 6.45) is 2.60. The number of aryl methyl sites for hydroxylation is 1. The largest absolute Gasteiger partial charge is 1.00 e. The molecule has 0 unspecified atom stereocenters. The van der Waals surface area contributed by atoms with Crippen molar-refractivity contribution >= 4 is 5.97 Å². The molecule has 1 aromatic carbocycles. The van der Waals surface area contributed by atoms with Crippen LogP contribution in [0.3, 0.4) is 0 Å². The van der Waals surface area contributed by atoms with E-state index in [2.05, 4.69) is 47.4 Å². The zero-order valence-electron chi connectivity index (χ0n) is 16.0. The number of ether oxygens (including phenoxy) is 1. The van der Waals surface area contributed by atoms with Crippen LogP contribution in [-0.4, -0.2) is 12.6 Å². The van der Waals surface area contributed by atoms with Gasteiger partial charge in [-0.25, -0.2) is 0 Å². The SMILES string of the molecule is Cc1ccc(OCC#CCC#CCC#CCC#CCCCC(=O)[O-])cc1.[Na+]. The third-order valence-corrected chi connectivity index (χ3v) is 3.04. The molecule has 0 aliphatic carbocycles. The summed E-state index contributed by atoms with van der Waals surface area (Å²) >= 11 is 0. The Morgan fingerprint density at radius 3 is 1.96 bits per heavy atom. The number of carbonyl (C=O) groups excluding carboxylic acids is 1. The predicted molar refractivity (Wildman–Crippen MR) is 100 cm³/mol. The Bertz CT molecular complexity index is 810. The van der Waals surface area contributed by atoms with Crippen molar-refractivity contribution in [3.63, 3.8) is 0 Å². The van der Waals surface area contributed by atoms with Crippen molar-refractivity contribution in [3.05, 3.63) is 29.8 Å². The summed E-state index contributed by atoms with van der Waals surface area (Å²) in [5, 5.41) is 10.2. The Morgan fingerprint density at radius 1 is 0.889 bits per heavy atom. The first kappa shape index (κ1) is 24.7. The number of hydrogen-bond donors (Lipinski definition) is 0. The van der Waals surface area contributed by atoms with Gasteiger partial charge in [-0.05, 0) is 31.9 Å². The monoisotopic (exact) mass is 368 g/mol. The minimum Gasteiger partial charge on any atom is -0.550 e. The molecule has 132 valence electrons. The van der Waals surface area contributed by atoms with E-state index in [0.717, 1.165) is 5.75 Å². The van der Waals surface area contributed by atoms with Crippen molar-refractivity contribution in [3.8, 4) is 53.1 Å². The molecule has 0 fully saturated rings. The quantitative estimate of drug-likeness (QED) is 0.399. The van der Waals surface area contributed by atoms with E-state index < -0.39 is 5.97 Å². The van der Waals surface area contributed by atoms with Crippen molar-refractivity contribution in [2.24, 2.45) is 0 Å². The standard InChI is InChI=1S/C23H22O3.Na/c1-21-16-18-22(19-17-21)26-20-14-12-10-8-6-4-2-3-5-7-9-11-13-15-23(24)25;/h16-19H,4-5,10-11,13,15,20H2,1H3,(H,24,25);/q;+1/p-1. The van der Waals surface area contributed by atoms with Crippen molar-refractivity contribution in [2.75, 3.05) is 6.61 Å². The van der Waals surface area contributed by atoms with Gasteiger partial charge >= 0.3 is 29.6 Å². The average Bonchev–Trinajstić information content (AvgIpc) is 2.62. The first-order chi connectivity index (χ1) is 12.7. The van der Waals surface area contributed by atoms with Gasteiger partial charge in [-0.2, -0.15) is 0 Å². The fourth-order valence-corrected chi connectivity index (χ4v) is 1.72. The number of carbonyl (C=O) groups is 1. The smallest absolute Gasteiger partial charge is 0.550 e. The molecule has 0 aliphatic rings. The second kappa shape index (κ2) is 17.2. The second-order valence-corrected chi connectivity index (χ2v) is 5.27. The van der Waals surface area contributed by atoms with Crippen LogP contribution in [0.4, 0.5) is 0 Å². The molecule has 0 aromatic heterocycles. The molecule has 0 aliphatic heterocycles. The summed E-state index contributed by atoms with van der Waals surface area (Å²) in [6, 6.07) is 7.84. The fourth-order valence-electron chi connectivity index (χ4n) is 1.72. The third kappa shape index (κ3) is 15.7. The third-order valence-electron chi connectivity index (χ3n) is 3.04. The van der Waals surface area contributed by atoms with E-state index in [1.54, 1.807) is 0 Å². The van der Waals surface area contributed by atoms with Crippen LogP contribution in [0.5, 0.6) is 5.75 Å². The molecule has 27 heavy (non-hydrogen) atoms. The van der Waals surface area contributed by atoms with E-state index >= 15 is 0 Å². The molecule has 0 heterocycles. The maximum absolute atomic E-state index is 10.2. The van der Waals surface area contributed by atoms with Gasteiger partial charge < -0.3 is 14.6 Å². The summed E-state index contributed by atoms with van der Waals surface area (Å²) in [5.74, 6) is 23.1. The molecule has 4 heteroatoms. The van der Waals surface area contributed by atoms with Crippen LogP contribution < -0.4 is 39.4 Å². The number of carboxylic acids is 1. The Hall–Kier alpha value is -2.27. The van der Waals surface area contributed by atoms with Crippen molar-refractivity contribution < 1.29 is 44.2 Å². The van der Waals surface area contributed by atoms with Crippen molar-refractivity contribution in [1.29, 1.82) is 0 Å². The van der Waals surface area contributed by atoms with Gasteiger partial charge in [-0.15, -0.1) is 5.92 Å². The van der Waals surface area contributed by atoms with Crippen LogP contribution in [0.25, 0.3) is 0 Å². The molecule has 0 spiro atoms. The molecule has 0 amide bonds. The fraction of sp³-hybridized carbons (Fsp3) is 0.348. The van der Waals surface area contributed by atoms with Crippen molar-refractivity contribution in [1.82, 2.24) is 0 Å².